The van der Waals surface area contributed by atoms with Crippen LogP contribution < -0.4 is 21.8 Å². The normalized spacial score (nSPS) is 40.2. The van der Waals surface area contributed by atoms with Gasteiger partial charge in [0.2, 0.25) is 5.91 Å². The first-order chi connectivity index (χ1) is 17.0. The van der Waals surface area contributed by atoms with Gasteiger partial charge in [0, 0.05) is 25.6 Å². The number of nitrogens with one attached hydrogen (secondary N) is 3. The van der Waals surface area contributed by atoms with E-state index >= 15 is 0 Å². The second-order valence-corrected chi connectivity index (χ2v) is 11.5. The summed E-state index contributed by atoms with van der Waals surface area (Å²) in [6.45, 7) is 5.00. The molecule has 1 amide bonds. The fourth-order valence-corrected chi connectivity index (χ4v) is 7.16. The number of primary amides is 1. The highest BCUT2D eigenvalue weighted by molar-refractivity contribution is 5.76. The SMILES string of the molecule is NC(=O)C1CCN(C2CC(C3NOC(C4CCCN4CC4CCC(C(=O)O)CC4)N3)CCN2)CC1. The van der Waals surface area contributed by atoms with Gasteiger partial charge in [0.25, 0.3) is 0 Å². The molecule has 0 radical (unpaired) electrons. The van der Waals surface area contributed by atoms with Crippen molar-refractivity contribution in [3.63, 3.8) is 0 Å². The van der Waals surface area contributed by atoms with Crippen LogP contribution in [0.5, 0.6) is 0 Å². The number of hydrogen-bond acceptors (Lipinski definition) is 8. The Kier molecular flexibility index (Phi) is 8.25. The molecule has 1 aliphatic carbocycles. The summed E-state index contributed by atoms with van der Waals surface area (Å²) in [6.07, 6.45) is 10.4. The molecule has 5 atom stereocenters. The standard InChI is InChI=1S/C25H44N6O4/c26-22(32)17-8-12-30(13-9-17)21-14-19(7-10-27-21)23-28-24(35-29-23)20-2-1-11-31(20)15-16-3-5-18(6-4-16)25(33)34/h16-21,23-24,27-29H,1-15H2,(H2,26,32)(H,33,34). The number of carboxylic acids is 1. The van der Waals surface area contributed by atoms with Crippen LogP contribution in [0.25, 0.3) is 0 Å². The number of piperidine rings is 2. The van der Waals surface area contributed by atoms with E-state index in [1.54, 1.807) is 0 Å². The molecule has 198 valence electrons. The number of carbonyl (C=O) groups excluding carboxylic acids is 1. The van der Waals surface area contributed by atoms with Crippen LogP contribution in [0.2, 0.25) is 0 Å². The highest BCUT2D eigenvalue weighted by Crippen LogP contribution is 2.33. The predicted molar refractivity (Wildman–Crippen MR) is 131 cm³/mol. The number of aliphatic carboxylic acids is 1. The molecule has 35 heavy (non-hydrogen) atoms. The molecule has 5 aliphatic rings. The predicted octanol–water partition coefficient (Wildman–Crippen LogP) is 0.641. The Morgan fingerprint density at radius 1 is 0.971 bits per heavy atom. The lowest BCUT2D eigenvalue weighted by molar-refractivity contribution is -0.143. The molecule has 6 N–H and O–H groups in total. The van der Waals surface area contributed by atoms with E-state index in [4.69, 9.17) is 10.6 Å². The maximum absolute atomic E-state index is 11.5. The van der Waals surface area contributed by atoms with E-state index in [-0.39, 0.29) is 30.1 Å². The topological polar surface area (TPSA) is 132 Å². The smallest absolute Gasteiger partial charge is 0.306 e. The molecule has 4 aliphatic heterocycles. The molecule has 5 fully saturated rings. The number of hydroxylamine groups is 1. The number of hydrogen-bond donors (Lipinski definition) is 5. The fourth-order valence-electron chi connectivity index (χ4n) is 7.16. The molecule has 4 saturated heterocycles. The summed E-state index contributed by atoms with van der Waals surface area (Å²) in [7, 11) is 0. The van der Waals surface area contributed by atoms with Gasteiger partial charge in [0.05, 0.1) is 24.3 Å². The van der Waals surface area contributed by atoms with Crippen molar-refractivity contribution in [2.75, 3.05) is 32.7 Å². The van der Waals surface area contributed by atoms with E-state index in [1.165, 1.54) is 6.42 Å². The van der Waals surface area contributed by atoms with E-state index in [0.29, 0.717) is 24.0 Å². The third-order valence-corrected chi connectivity index (χ3v) is 9.38. The van der Waals surface area contributed by atoms with E-state index in [1.807, 2.05) is 0 Å². The third kappa shape index (κ3) is 5.99. The Hall–Kier alpha value is -1.30. The zero-order valence-electron chi connectivity index (χ0n) is 20.9. The van der Waals surface area contributed by atoms with Gasteiger partial charge in [-0.3, -0.25) is 29.5 Å². The Balaban J connectivity index is 1.09. The number of likely N-dealkylation sites (tertiary alicyclic amines) is 2. The van der Waals surface area contributed by atoms with Crippen LogP contribution in [-0.2, 0) is 14.4 Å². The van der Waals surface area contributed by atoms with E-state index < -0.39 is 5.97 Å². The zero-order chi connectivity index (χ0) is 24.4. The summed E-state index contributed by atoms with van der Waals surface area (Å²) in [6, 6.07) is 0.370. The number of nitrogens with zero attached hydrogens (tertiary/aromatic N) is 2. The summed E-state index contributed by atoms with van der Waals surface area (Å²) in [5.41, 5.74) is 8.84. The van der Waals surface area contributed by atoms with Crippen molar-refractivity contribution in [1.29, 1.82) is 0 Å². The van der Waals surface area contributed by atoms with Crippen molar-refractivity contribution >= 4 is 11.9 Å². The van der Waals surface area contributed by atoms with Gasteiger partial charge in [-0.05, 0) is 89.1 Å². The average Bonchev–Trinajstić information content (AvgIpc) is 3.54. The Labute approximate surface area is 208 Å². The van der Waals surface area contributed by atoms with Gasteiger partial charge in [-0.25, -0.2) is 0 Å². The molecule has 0 aromatic heterocycles. The summed E-state index contributed by atoms with van der Waals surface area (Å²) in [5.74, 6) is 0.184. The van der Waals surface area contributed by atoms with Gasteiger partial charge in [-0.15, -0.1) is 0 Å². The van der Waals surface area contributed by atoms with Crippen LogP contribution >= 0.6 is 0 Å². The fraction of sp³-hybridized carbons (Fsp3) is 0.920. The molecular weight excluding hydrogens is 448 g/mol. The number of carbonyl (C=O) groups is 2. The number of nitrogens with two attached hydrogens (primary N) is 1. The average molecular weight is 493 g/mol. The maximum atomic E-state index is 11.5. The van der Waals surface area contributed by atoms with Crippen LogP contribution in [0.1, 0.15) is 64.2 Å². The summed E-state index contributed by atoms with van der Waals surface area (Å²) >= 11 is 0. The van der Waals surface area contributed by atoms with Gasteiger partial charge >= 0.3 is 5.97 Å². The van der Waals surface area contributed by atoms with Crippen molar-refractivity contribution in [3.8, 4) is 0 Å². The first-order valence-electron chi connectivity index (χ1n) is 13.9. The summed E-state index contributed by atoms with van der Waals surface area (Å²) in [4.78, 5) is 34.0. The minimum atomic E-state index is -0.626. The largest absolute Gasteiger partial charge is 0.481 e. The number of carboxylic acid groups (broad SMARTS) is 1. The molecule has 5 rings (SSSR count). The molecular formula is C25H44N6O4. The molecule has 0 aromatic carbocycles. The van der Waals surface area contributed by atoms with E-state index in [0.717, 1.165) is 90.5 Å². The first-order valence-corrected chi connectivity index (χ1v) is 13.9. The van der Waals surface area contributed by atoms with Crippen LogP contribution in [0.3, 0.4) is 0 Å². The highest BCUT2D eigenvalue weighted by Gasteiger charge is 2.42. The monoisotopic (exact) mass is 492 g/mol. The van der Waals surface area contributed by atoms with Gasteiger partial charge in [0.15, 0.2) is 0 Å². The zero-order valence-corrected chi connectivity index (χ0v) is 20.9. The second-order valence-electron chi connectivity index (χ2n) is 11.5. The van der Waals surface area contributed by atoms with E-state index in [9.17, 15) is 14.7 Å². The van der Waals surface area contributed by atoms with Gasteiger partial charge < -0.3 is 16.2 Å². The molecule has 5 unspecified atom stereocenters. The van der Waals surface area contributed by atoms with Crippen molar-refractivity contribution in [2.24, 2.45) is 29.4 Å². The lowest BCUT2D eigenvalue weighted by Crippen LogP contribution is -2.57. The minimum Gasteiger partial charge on any atom is -0.481 e. The third-order valence-electron chi connectivity index (χ3n) is 9.38. The van der Waals surface area contributed by atoms with Crippen molar-refractivity contribution in [2.45, 2.75) is 88.8 Å². The Morgan fingerprint density at radius 2 is 1.74 bits per heavy atom. The summed E-state index contributed by atoms with van der Waals surface area (Å²) in [5, 5.41) is 16.7. The van der Waals surface area contributed by atoms with Crippen LogP contribution in [0.4, 0.5) is 0 Å². The van der Waals surface area contributed by atoms with Crippen LogP contribution in [0, 0.1) is 23.7 Å². The number of rotatable bonds is 7. The highest BCUT2D eigenvalue weighted by atomic mass is 16.7. The first kappa shape index (κ1) is 25.4. The van der Waals surface area contributed by atoms with Gasteiger partial charge in [-0.1, -0.05) is 0 Å². The molecule has 1 saturated carbocycles. The van der Waals surface area contributed by atoms with Gasteiger partial charge in [-0.2, -0.15) is 5.48 Å². The van der Waals surface area contributed by atoms with Gasteiger partial charge in [0.1, 0.15) is 6.23 Å². The van der Waals surface area contributed by atoms with Crippen LogP contribution in [-0.4, -0.2) is 84.1 Å². The maximum Gasteiger partial charge on any atom is 0.306 e. The molecule has 0 aromatic rings. The van der Waals surface area contributed by atoms with Crippen LogP contribution in [0.15, 0.2) is 0 Å². The van der Waals surface area contributed by atoms with Crippen molar-refractivity contribution < 1.29 is 19.5 Å². The number of amides is 1. The summed E-state index contributed by atoms with van der Waals surface area (Å²) < 4.78 is 0. The Bertz CT molecular complexity index is 739. The van der Waals surface area contributed by atoms with E-state index in [2.05, 4.69) is 25.9 Å². The lowest BCUT2D eigenvalue weighted by Gasteiger charge is -2.42. The molecule has 0 spiro atoms. The molecule has 4 heterocycles. The Morgan fingerprint density at radius 3 is 2.46 bits per heavy atom. The molecule has 0 bridgehead atoms. The van der Waals surface area contributed by atoms with Crippen molar-refractivity contribution in [1.82, 2.24) is 25.9 Å². The lowest BCUT2D eigenvalue weighted by atomic mass is 9.82. The quantitative estimate of drug-likeness (QED) is 0.347. The second kappa shape index (κ2) is 11.4. The molecule has 10 heteroatoms. The molecule has 10 nitrogen and oxygen atoms in total. The van der Waals surface area contributed by atoms with Crippen molar-refractivity contribution in [3.05, 3.63) is 0 Å². The minimum absolute atomic E-state index is 0.00231.